The topological polar surface area (TPSA) is 57.8 Å². The molecule has 1 aliphatic rings. The standard InChI is InChI=1S/C15H19N3O2/c1-11-4-2-6-14-16-13(9-18(11)14)15(20)17-7-3-5-12(8-17)10-19/h2,4,6,9,12,19H,3,5,7-8,10H2,1H3. The normalized spacial score (nSPS) is 19.5. The fourth-order valence-corrected chi connectivity index (χ4v) is 2.81. The molecule has 2 aromatic rings. The van der Waals surface area contributed by atoms with Crippen molar-refractivity contribution in [2.24, 2.45) is 5.92 Å². The summed E-state index contributed by atoms with van der Waals surface area (Å²) < 4.78 is 1.93. The Labute approximate surface area is 117 Å². The zero-order valence-corrected chi connectivity index (χ0v) is 11.6. The van der Waals surface area contributed by atoms with Gasteiger partial charge in [-0.3, -0.25) is 4.79 Å². The van der Waals surface area contributed by atoms with Crippen molar-refractivity contribution >= 4 is 11.6 Å². The number of aryl methyl sites for hydroxylation is 1. The SMILES string of the molecule is Cc1cccc2nc(C(=O)N3CCCC(CO)C3)cn12. The third-order valence-corrected chi connectivity index (χ3v) is 3.98. The van der Waals surface area contributed by atoms with Gasteiger partial charge in [0.1, 0.15) is 11.3 Å². The minimum atomic E-state index is -0.0359. The molecule has 1 atom stereocenters. The zero-order chi connectivity index (χ0) is 14.1. The molecule has 0 aliphatic carbocycles. The zero-order valence-electron chi connectivity index (χ0n) is 11.6. The summed E-state index contributed by atoms with van der Waals surface area (Å²) in [6.45, 7) is 3.52. The van der Waals surface area contributed by atoms with E-state index in [4.69, 9.17) is 0 Å². The molecule has 0 aromatic carbocycles. The molecule has 1 fully saturated rings. The number of aliphatic hydroxyl groups excluding tert-OH is 1. The van der Waals surface area contributed by atoms with E-state index in [1.807, 2.05) is 34.4 Å². The van der Waals surface area contributed by atoms with Crippen molar-refractivity contribution in [2.75, 3.05) is 19.7 Å². The van der Waals surface area contributed by atoms with Gasteiger partial charge in [-0.2, -0.15) is 0 Å². The average molecular weight is 273 g/mol. The number of hydrogen-bond donors (Lipinski definition) is 1. The fourth-order valence-electron chi connectivity index (χ4n) is 2.81. The minimum Gasteiger partial charge on any atom is -0.396 e. The maximum atomic E-state index is 12.5. The number of pyridine rings is 1. The second-order valence-corrected chi connectivity index (χ2v) is 5.46. The average Bonchev–Trinajstić information content (AvgIpc) is 2.92. The van der Waals surface area contributed by atoms with Crippen LogP contribution in [-0.2, 0) is 0 Å². The third kappa shape index (κ3) is 2.29. The number of amides is 1. The fraction of sp³-hybridized carbons (Fsp3) is 0.467. The number of aromatic nitrogens is 2. The highest BCUT2D eigenvalue weighted by Gasteiger charge is 2.25. The molecule has 20 heavy (non-hydrogen) atoms. The van der Waals surface area contributed by atoms with Crippen LogP contribution in [0.2, 0.25) is 0 Å². The van der Waals surface area contributed by atoms with Crippen molar-refractivity contribution in [3.63, 3.8) is 0 Å². The molecule has 106 valence electrons. The summed E-state index contributed by atoms with van der Waals surface area (Å²) in [5.41, 5.74) is 2.34. The van der Waals surface area contributed by atoms with Gasteiger partial charge < -0.3 is 14.4 Å². The van der Waals surface area contributed by atoms with Crippen LogP contribution in [-0.4, -0.2) is 45.0 Å². The first-order chi connectivity index (χ1) is 9.69. The van der Waals surface area contributed by atoms with Gasteiger partial charge in [-0.05, 0) is 37.8 Å². The molecule has 0 spiro atoms. The van der Waals surface area contributed by atoms with E-state index in [1.165, 1.54) is 0 Å². The number of likely N-dealkylation sites (tertiary alicyclic amines) is 1. The largest absolute Gasteiger partial charge is 0.396 e. The summed E-state index contributed by atoms with van der Waals surface area (Å²) in [4.78, 5) is 18.7. The Morgan fingerprint density at radius 1 is 1.50 bits per heavy atom. The van der Waals surface area contributed by atoms with Crippen LogP contribution < -0.4 is 0 Å². The van der Waals surface area contributed by atoms with E-state index in [-0.39, 0.29) is 18.4 Å². The van der Waals surface area contributed by atoms with Crippen LogP contribution in [0.25, 0.3) is 5.65 Å². The van der Waals surface area contributed by atoms with E-state index >= 15 is 0 Å². The molecule has 0 saturated carbocycles. The minimum absolute atomic E-state index is 0.0359. The van der Waals surface area contributed by atoms with Crippen molar-refractivity contribution in [3.8, 4) is 0 Å². The van der Waals surface area contributed by atoms with Crippen LogP contribution >= 0.6 is 0 Å². The lowest BCUT2D eigenvalue weighted by molar-refractivity contribution is 0.0615. The molecule has 2 aromatic heterocycles. The second kappa shape index (κ2) is 5.25. The van der Waals surface area contributed by atoms with Gasteiger partial charge in [0.25, 0.3) is 5.91 Å². The number of fused-ring (bicyclic) bond motifs is 1. The maximum absolute atomic E-state index is 12.5. The van der Waals surface area contributed by atoms with E-state index in [1.54, 1.807) is 6.20 Å². The summed E-state index contributed by atoms with van der Waals surface area (Å²) in [7, 11) is 0. The Morgan fingerprint density at radius 2 is 2.35 bits per heavy atom. The monoisotopic (exact) mass is 273 g/mol. The first-order valence-corrected chi connectivity index (χ1v) is 7.04. The maximum Gasteiger partial charge on any atom is 0.274 e. The van der Waals surface area contributed by atoms with Gasteiger partial charge >= 0.3 is 0 Å². The Morgan fingerprint density at radius 3 is 3.10 bits per heavy atom. The Bertz CT molecular complexity index is 635. The van der Waals surface area contributed by atoms with E-state index in [2.05, 4.69) is 4.98 Å². The van der Waals surface area contributed by atoms with Gasteiger partial charge in [0.2, 0.25) is 0 Å². The number of carbonyl (C=O) groups excluding carboxylic acids is 1. The van der Waals surface area contributed by atoms with Gasteiger partial charge in [0, 0.05) is 31.6 Å². The molecule has 1 amide bonds. The molecular weight excluding hydrogens is 254 g/mol. The van der Waals surface area contributed by atoms with Gasteiger partial charge in [-0.25, -0.2) is 4.98 Å². The summed E-state index contributed by atoms with van der Waals surface area (Å²) in [6, 6.07) is 5.83. The summed E-state index contributed by atoms with van der Waals surface area (Å²) in [6.07, 6.45) is 3.74. The molecule has 0 radical (unpaired) electrons. The van der Waals surface area contributed by atoms with Gasteiger partial charge in [0.15, 0.2) is 0 Å². The van der Waals surface area contributed by atoms with Gasteiger partial charge in [-0.15, -0.1) is 0 Å². The highest BCUT2D eigenvalue weighted by molar-refractivity contribution is 5.93. The molecule has 0 bridgehead atoms. The summed E-state index contributed by atoms with van der Waals surface area (Å²) in [5.74, 6) is 0.165. The molecule has 1 saturated heterocycles. The number of piperidine rings is 1. The number of carbonyl (C=O) groups is 1. The lowest BCUT2D eigenvalue weighted by Gasteiger charge is -2.31. The summed E-state index contributed by atoms with van der Waals surface area (Å²) >= 11 is 0. The Kier molecular flexibility index (Phi) is 3.44. The van der Waals surface area contributed by atoms with Crippen molar-refractivity contribution in [3.05, 3.63) is 35.8 Å². The van der Waals surface area contributed by atoms with Gasteiger partial charge in [-0.1, -0.05) is 6.07 Å². The van der Waals surface area contributed by atoms with Crippen LogP contribution in [0.3, 0.4) is 0 Å². The quantitative estimate of drug-likeness (QED) is 0.902. The predicted octanol–water partition coefficient (Wildman–Crippen LogP) is 1.49. The third-order valence-electron chi connectivity index (χ3n) is 3.98. The van der Waals surface area contributed by atoms with Crippen molar-refractivity contribution < 1.29 is 9.90 Å². The van der Waals surface area contributed by atoms with Gasteiger partial charge in [0.05, 0.1) is 0 Å². The van der Waals surface area contributed by atoms with Crippen molar-refractivity contribution in [1.29, 1.82) is 0 Å². The Balaban J connectivity index is 1.86. The van der Waals surface area contributed by atoms with E-state index in [0.29, 0.717) is 12.2 Å². The van der Waals surface area contributed by atoms with Crippen LogP contribution in [0.1, 0.15) is 29.0 Å². The second-order valence-electron chi connectivity index (χ2n) is 5.46. The number of rotatable bonds is 2. The highest BCUT2D eigenvalue weighted by atomic mass is 16.3. The molecule has 5 heteroatoms. The molecule has 1 aliphatic heterocycles. The molecular formula is C15H19N3O2. The van der Waals surface area contributed by atoms with Crippen molar-refractivity contribution in [1.82, 2.24) is 14.3 Å². The molecule has 1 unspecified atom stereocenters. The van der Waals surface area contributed by atoms with Crippen LogP contribution in [0.15, 0.2) is 24.4 Å². The number of nitrogens with zero attached hydrogens (tertiary/aromatic N) is 3. The van der Waals surface area contributed by atoms with E-state index in [9.17, 15) is 9.90 Å². The highest BCUT2D eigenvalue weighted by Crippen LogP contribution is 2.18. The lowest BCUT2D eigenvalue weighted by Crippen LogP contribution is -2.41. The molecule has 1 N–H and O–H groups in total. The number of aliphatic hydroxyl groups is 1. The first-order valence-electron chi connectivity index (χ1n) is 7.04. The van der Waals surface area contributed by atoms with E-state index < -0.39 is 0 Å². The smallest absolute Gasteiger partial charge is 0.274 e. The number of hydrogen-bond acceptors (Lipinski definition) is 3. The molecule has 3 heterocycles. The lowest BCUT2D eigenvalue weighted by atomic mass is 9.99. The predicted molar refractivity (Wildman–Crippen MR) is 75.6 cm³/mol. The summed E-state index contributed by atoms with van der Waals surface area (Å²) in [5, 5.41) is 9.25. The van der Waals surface area contributed by atoms with E-state index in [0.717, 1.165) is 30.7 Å². The first kappa shape index (κ1) is 13.1. The molecule has 3 rings (SSSR count). The number of imidazole rings is 1. The van der Waals surface area contributed by atoms with Crippen LogP contribution in [0.4, 0.5) is 0 Å². The Hall–Kier alpha value is -1.88. The van der Waals surface area contributed by atoms with Crippen LogP contribution in [0, 0.1) is 12.8 Å². The molecule has 5 nitrogen and oxygen atoms in total. The van der Waals surface area contributed by atoms with Crippen LogP contribution in [0.5, 0.6) is 0 Å². The van der Waals surface area contributed by atoms with Crippen molar-refractivity contribution in [2.45, 2.75) is 19.8 Å².